The molecule has 1 amide bonds. The molecule has 2 atom stereocenters. The number of likely N-dealkylation sites (N-methyl/N-ethyl adjacent to an activating group) is 1. The Kier molecular flexibility index (Phi) is 13.1. The number of anilines is 1. The van der Waals surface area contributed by atoms with E-state index in [4.69, 9.17) is 20.9 Å². The number of carbonyl (C=O) groups is 1. The Hall–Kier alpha value is -3.27. The number of benzene rings is 1. The zero-order valence-corrected chi connectivity index (χ0v) is 23.9. The number of hydrogen-bond acceptors (Lipinski definition) is 7. The van der Waals surface area contributed by atoms with Crippen LogP contribution in [0.1, 0.15) is 67.6 Å². The highest BCUT2D eigenvalue weighted by atomic mass is 16.5. The second kappa shape index (κ2) is 16.7. The van der Waals surface area contributed by atoms with E-state index in [0.29, 0.717) is 29.0 Å². The molecule has 1 aliphatic carbocycles. The number of nitrogen functional groups attached to an aromatic ring is 1. The van der Waals surface area contributed by atoms with Crippen LogP contribution in [0.4, 0.5) is 5.82 Å². The molecule has 1 aromatic carbocycles. The number of phenols is 1. The first-order valence-electron chi connectivity index (χ1n) is 14.4. The SMILES string of the molecule is C1CCOCC1.C=CC(=O)NC.N/C(=C\c1c(C2CCC[C@H](N3CCOCC3)C2)c[nH]c1N)c1ccccc1O. The van der Waals surface area contributed by atoms with Crippen LogP contribution in [-0.2, 0) is 14.3 Å². The number of nitrogens with two attached hydrogens (primary N) is 2. The summed E-state index contributed by atoms with van der Waals surface area (Å²) in [5, 5.41) is 12.5. The van der Waals surface area contributed by atoms with Gasteiger partial charge in [0.25, 0.3) is 0 Å². The lowest BCUT2D eigenvalue weighted by atomic mass is 9.80. The molecule has 40 heavy (non-hydrogen) atoms. The van der Waals surface area contributed by atoms with Crippen molar-refractivity contribution < 1.29 is 19.4 Å². The molecule has 1 saturated carbocycles. The maximum Gasteiger partial charge on any atom is 0.243 e. The lowest BCUT2D eigenvalue weighted by Gasteiger charge is -2.39. The fourth-order valence-corrected chi connectivity index (χ4v) is 5.43. The fourth-order valence-electron chi connectivity index (χ4n) is 5.43. The van der Waals surface area contributed by atoms with Gasteiger partial charge in [0.1, 0.15) is 11.6 Å². The van der Waals surface area contributed by atoms with Crippen LogP contribution >= 0.6 is 0 Å². The van der Waals surface area contributed by atoms with Crippen LogP contribution in [-0.4, -0.2) is 73.5 Å². The first-order chi connectivity index (χ1) is 19.4. The van der Waals surface area contributed by atoms with Crippen LogP contribution < -0.4 is 16.8 Å². The highest BCUT2D eigenvalue weighted by molar-refractivity contribution is 5.86. The van der Waals surface area contributed by atoms with E-state index < -0.39 is 0 Å². The van der Waals surface area contributed by atoms with Gasteiger partial charge in [0, 0.05) is 62.4 Å². The van der Waals surface area contributed by atoms with E-state index in [-0.39, 0.29) is 11.7 Å². The molecule has 220 valence electrons. The van der Waals surface area contributed by atoms with Crippen molar-refractivity contribution >= 4 is 23.5 Å². The highest BCUT2D eigenvalue weighted by Crippen LogP contribution is 2.39. The molecule has 9 heteroatoms. The third kappa shape index (κ3) is 9.43. The number of hydrogen-bond donors (Lipinski definition) is 5. The van der Waals surface area contributed by atoms with Crippen molar-refractivity contribution in [3.05, 3.63) is 59.8 Å². The lowest BCUT2D eigenvalue weighted by molar-refractivity contribution is -0.116. The number of phenolic OH excluding ortho intramolecular Hbond substituents is 1. The summed E-state index contributed by atoms with van der Waals surface area (Å²) in [6, 6.07) is 7.72. The van der Waals surface area contributed by atoms with Gasteiger partial charge in [0.05, 0.1) is 13.2 Å². The number of rotatable bonds is 5. The maximum atomic E-state index is 10.1. The van der Waals surface area contributed by atoms with Crippen LogP contribution in [0.25, 0.3) is 11.8 Å². The second-order valence-electron chi connectivity index (χ2n) is 10.3. The molecule has 0 bridgehead atoms. The number of ether oxygens (including phenoxy) is 2. The number of nitrogens with one attached hydrogen (secondary N) is 2. The van der Waals surface area contributed by atoms with Gasteiger partial charge >= 0.3 is 0 Å². The first kappa shape index (κ1) is 31.3. The molecule has 1 unspecified atom stereocenters. The van der Waals surface area contributed by atoms with E-state index in [0.717, 1.165) is 57.9 Å². The van der Waals surface area contributed by atoms with Crippen LogP contribution in [0.5, 0.6) is 5.75 Å². The average molecular weight is 554 g/mol. The van der Waals surface area contributed by atoms with Gasteiger partial charge in [-0.1, -0.05) is 25.1 Å². The van der Waals surface area contributed by atoms with Crippen molar-refractivity contribution in [3.8, 4) is 5.75 Å². The minimum atomic E-state index is -0.144. The van der Waals surface area contributed by atoms with Gasteiger partial charge < -0.3 is 36.3 Å². The van der Waals surface area contributed by atoms with Crippen molar-refractivity contribution in [1.29, 1.82) is 0 Å². The minimum Gasteiger partial charge on any atom is -0.507 e. The van der Waals surface area contributed by atoms with E-state index in [1.54, 1.807) is 19.2 Å². The molecule has 2 aromatic rings. The molecule has 7 N–H and O–H groups in total. The average Bonchev–Trinajstić information content (AvgIpc) is 3.38. The summed E-state index contributed by atoms with van der Waals surface area (Å²) >= 11 is 0. The molecule has 9 nitrogen and oxygen atoms in total. The molecule has 2 aliphatic heterocycles. The predicted octanol–water partition coefficient (Wildman–Crippen LogP) is 4.22. The van der Waals surface area contributed by atoms with Gasteiger partial charge in [-0.25, -0.2) is 0 Å². The molecule has 0 radical (unpaired) electrons. The third-order valence-corrected chi connectivity index (χ3v) is 7.66. The van der Waals surface area contributed by atoms with Gasteiger partial charge in [0.15, 0.2) is 0 Å². The summed E-state index contributed by atoms with van der Waals surface area (Å²) in [6.45, 7) is 8.95. The summed E-state index contributed by atoms with van der Waals surface area (Å²) in [5.74, 6) is 1.12. The lowest BCUT2D eigenvalue weighted by Crippen LogP contribution is -2.45. The van der Waals surface area contributed by atoms with Gasteiger partial charge in [-0.2, -0.15) is 0 Å². The zero-order valence-electron chi connectivity index (χ0n) is 23.9. The van der Waals surface area contributed by atoms with Crippen molar-refractivity contribution in [2.24, 2.45) is 5.73 Å². The minimum absolute atomic E-state index is 0.144. The number of H-pyrrole nitrogens is 1. The Morgan fingerprint density at radius 3 is 2.38 bits per heavy atom. The number of aromatic nitrogens is 1. The smallest absolute Gasteiger partial charge is 0.243 e. The molecule has 1 aromatic heterocycles. The van der Waals surface area contributed by atoms with Crippen LogP contribution in [0.2, 0.25) is 0 Å². The predicted molar refractivity (Wildman–Crippen MR) is 162 cm³/mol. The molecule has 3 heterocycles. The second-order valence-corrected chi connectivity index (χ2v) is 10.3. The molecular formula is C31H47N5O4. The third-order valence-electron chi connectivity index (χ3n) is 7.66. The molecular weight excluding hydrogens is 506 g/mol. The summed E-state index contributed by atoms with van der Waals surface area (Å²) < 4.78 is 10.6. The topological polar surface area (TPSA) is 139 Å². The van der Waals surface area contributed by atoms with Crippen molar-refractivity contribution in [3.63, 3.8) is 0 Å². The van der Waals surface area contributed by atoms with Gasteiger partial charge in [0.2, 0.25) is 5.91 Å². The molecule has 3 aliphatic rings. The van der Waals surface area contributed by atoms with Crippen molar-refractivity contribution in [1.82, 2.24) is 15.2 Å². The zero-order chi connectivity index (χ0) is 28.7. The molecule has 2 saturated heterocycles. The van der Waals surface area contributed by atoms with Crippen LogP contribution in [0.15, 0.2) is 43.1 Å². The molecule has 0 spiro atoms. The number of nitrogens with zero attached hydrogens (tertiary/aromatic N) is 1. The molecule has 3 fully saturated rings. The van der Waals surface area contributed by atoms with E-state index in [2.05, 4.69) is 21.8 Å². The number of carbonyl (C=O) groups excluding carboxylic acids is 1. The van der Waals surface area contributed by atoms with Crippen molar-refractivity contribution in [2.75, 3.05) is 52.3 Å². The van der Waals surface area contributed by atoms with E-state index >= 15 is 0 Å². The van der Waals surface area contributed by atoms with Gasteiger partial charge in [-0.05, 0) is 74.3 Å². The van der Waals surface area contributed by atoms with Crippen LogP contribution in [0, 0.1) is 0 Å². The monoisotopic (exact) mass is 553 g/mol. The number of aromatic hydroxyl groups is 1. The van der Waals surface area contributed by atoms with Gasteiger partial charge in [-0.3, -0.25) is 9.69 Å². The molecule has 5 rings (SSSR count). The Morgan fingerprint density at radius 2 is 1.80 bits per heavy atom. The number of morpholine rings is 1. The number of amides is 1. The number of para-hydroxylation sites is 1. The Morgan fingerprint density at radius 1 is 1.10 bits per heavy atom. The van der Waals surface area contributed by atoms with E-state index in [1.807, 2.05) is 24.4 Å². The van der Waals surface area contributed by atoms with Crippen molar-refractivity contribution in [2.45, 2.75) is 56.9 Å². The first-order valence-corrected chi connectivity index (χ1v) is 14.4. The largest absolute Gasteiger partial charge is 0.507 e. The fraction of sp³-hybridized carbons (Fsp3) is 0.516. The standard InChI is InChI=1S/C22H30N4O2.C5H10O.C4H7NO/c23-20(17-6-1-2-7-21(17)27)13-18-19(14-25-22(18)24)15-4-3-5-16(12-15)26-8-10-28-11-9-26;1-2-4-6-5-3-1;1-3-4(6)5-2/h1-2,6-7,13-16,25,27H,3-5,8-12,23-24H2;1-5H2;3H,1H2,2H3,(H,5,6)/b20-13-;;/t15?,16-;;/m0../s1. The summed E-state index contributed by atoms with van der Waals surface area (Å²) in [5.41, 5.74) is 15.9. The normalized spacial score (nSPS) is 21.7. The van der Waals surface area contributed by atoms with E-state index in [9.17, 15) is 9.90 Å². The van der Waals surface area contributed by atoms with Crippen LogP contribution in [0.3, 0.4) is 0 Å². The Balaban J connectivity index is 0.000000305. The highest BCUT2D eigenvalue weighted by Gasteiger charge is 2.30. The summed E-state index contributed by atoms with van der Waals surface area (Å²) in [4.78, 5) is 15.7. The van der Waals surface area contributed by atoms with E-state index in [1.165, 1.54) is 43.7 Å². The number of aromatic amines is 1. The summed E-state index contributed by atoms with van der Waals surface area (Å²) in [7, 11) is 1.56. The maximum absolute atomic E-state index is 10.1. The Labute approximate surface area is 238 Å². The quantitative estimate of drug-likeness (QED) is 0.349. The Bertz CT molecular complexity index is 1080. The summed E-state index contributed by atoms with van der Waals surface area (Å²) in [6.07, 6.45) is 13.8. The van der Waals surface area contributed by atoms with Gasteiger partial charge in [-0.15, -0.1) is 0 Å².